The van der Waals surface area contributed by atoms with Crippen LogP contribution in [0.5, 0.6) is 0 Å². The summed E-state index contributed by atoms with van der Waals surface area (Å²) >= 11 is 0. The quantitative estimate of drug-likeness (QED) is 0.903. The summed E-state index contributed by atoms with van der Waals surface area (Å²) in [5.41, 5.74) is 2.84. The van der Waals surface area contributed by atoms with Gasteiger partial charge in [0.15, 0.2) is 0 Å². The monoisotopic (exact) mass is 345 g/mol. The minimum absolute atomic E-state index is 0.119. The van der Waals surface area contributed by atoms with Crippen LogP contribution < -0.4 is 5.32 Å². The van der Waals surface area contributed by atoms with E-state index in [1.54, 1.807) is 12.1 Å². The number of benzene rings is 1. The van der Waals surface area contributed by atoms with Crippen molar-refractivity contribution in [2.75, 3.05) is 26.3 Å². The second-order valence-electron chi connectivity index (χ2n) is 6.35. The van der Waals surface area contributed by atoms with Gasteiger partial charge in [-0.05, 0) is 36.8 Å². The van der Waals surface area contributed by atoms with E-state index in [1.807, 2.05) is 35.6 Å². The Morgan fingerprint density at radius 2 is 2.04 bits per heavy atom. The van der Waals surface area contributed by atoms with Gasteiger partial charge in [-0.2, -0.15) is 0 Å². The molecule has 5 nitrogen and oxygen atoms in total. The SMILES string of the molecule is Cc1ccc(CNC(=O)[C@H](c2cccc(F)c2)N2CCOCC2)n1C. The third kappa shape index (κ3) is 4.08. The van der Waals surface area contributed by atoms with Crippen LogP contribution in [0.3, 0.4) is 0 Å². The Kier molecular flexibility index (Phi) is 5.50. The van der Waals surface area contributed by atoms with E-state index in [1.165, 1.54) is 12.1 Å². The van der Waals surface area contributed by atoms with Crippen LogP contribution >= 0.6 is 0 Å². The molecule has 1 fully saturated rings. The number of nitrogens with one attached hydrogen (secondary N) is 1. The maximum atomic E-state index is 13.7. The van der Waals surface area contributed by atoms with Gasteiger partial charge in [0.25, 0.3) is 0 Å². The van der Waals surface area contributed by atoms with Gasteiger partial charge in [0.05, 0.1) is 19.8 Å². The summed E-state index contributed by atoms with van der Waals surface area (Å²) < 4.78 is 21.1. The molecule has 1 saturated heterocycles. The third-order valence-corrected chi connectivity index (χ3v) is 4.74. The molecule has 1 aliphatic heterocycles. The van der Waals surface area contributed by atoms with Crippen molar-refractivity contribution < 1.29 is 13.9 Å². The molecular formula is C19H24FN3O2. The largest absolute Gasteiger partial charge is 0.379 e. The number of morpholine rings is 1. The molecule has 134 valence electrons. The maximum Gasteiger partial charge on any atom is 0.242 e. The van der Waals surface area contributed by atoms with Crippen LogP contribution in [0.2, 0.25) is 0 Å². The molecule has 6 heteroatoms. The van der Waals surface area contributed by atoms with Crippen LogP contribution in [0.4, 0.5) is 4.39 Å². The number of carbonyl (C=O) groups is 1. The number of aromatic nitrogens is 1. The van der Waals surface area contributed by atoms with Crippen molar-refractivity contribution in [2.45, 2.75) is 19.5 Å². The smallest absolute Gasteiger partial charge is 0.242 e. The van der Waals surface area contributed by atoms with Crippen molar-refractivity contribution in [3.63, 3.8) is 0 Å². The number of hydrogen-bond donors (Lipinski definition) is 1. The molecule has 0 aliphatic carbocycles. The molecule has 0 bridgehead atoms. The normalized spacial score (nSPS) is 16.6. The number of nitrogens with zero attached hydrogens (tertiary/aromatic N) is 2. The Hall–Kier alpha value is -2.18. The molecule has 0 radical (unpaired) electrons. The van der Waals surface area contributed by atoms with Gasteiger partial charge in [-0.25, -0.2) is 4.39 Å². The zero-order valence-corrected chi connectivity index (χ0v) is 14.7. The Bertz CT molecular complexity index is 738. The van der Waals surface area contributed by atoms with E-state index in [0.717, 1.165) is 11.4 Å². The zero-order chi connectivity index (χ0) is 17.8. The highest BCUT2D eigenvalue weighted by molar-refractivity contribution is 5.83. The van der Waals surface area contributed by atoms with Crippen molar-refractivity contribution in [2.24, 2.45) is 7.05 Å². The molecule has 1 amide bonds. The van der Waals surface area contributed by atoms with Crippen LogP contribution in [0.25, 0.3) is 0 Å². The lowest BCUT2D eigenvalue weighted by molar-refractivity contribution is -0.128. The first kappa shape index (κ1) is 17.6. The van der Waals surface area contributed by atoms with Crippen molar-refractivity contribution in [1.82, 2.24) is 14.8 Å². The zero-order valence-electron chi connectivity index (χ0n) is 14.7. The van der Waals surface area contributed by atoms with Crippen LogP contribution in [0, 0.1) is 12.7 Å². The molecule has 1 aliphatic rings. The van der Waals surface area contributed by atoms with Gasteiger partial charge in [0.1, 0.15) is 11.9 Å². The van der Waals surface area contributed by atoms with Crippen LogP contribution in [-0.4, -0.2) is 41.7 Å². The van der Waals surface area contributed by atoms with Crippen molar-refractivity contribution in [3.05, 3.63) is 59.2 Å². The molecule has 2 heterocycles. The second kappa shape index (κ2) is 7.80. The van der Waals surface area contributed by atoms with E-state index in [4.69, 9.17) is 4.74 Å². The lowest BCUT2D eigenvalue weighted by Gasteiger charge is -2.33. The summed E-state index contributed by atoms with van der Waals surface area (Å²) in [5, 5.41) is 3.00. The summed E-state index contributed by atoms with van der Waals surface area (Å²) in [4.78, 5) is 15.0. The average molecular weight is 345 g/mol. The highest BCUT2D eigenvalue weighted by atomic mass is 19.1. The van der Waals surface area contributed by atoms with Crippen LogP contribution in [0.15, 0.2) is 36.4 Å². The predicted octanol–water partition coefficient (Wildman–Crippen LogP) is 2.16. The van der Waals surface area contributed by atoms with Gasteiger partial charge in [0.2, 0.25) is 5.91 Å². The fraction of sp³-hybridized carbons (Fsp3) is 0.421. The minimum Gasteiger partial charge on any atom is -0.379 e. The Labute approximate surface area is 147 Å². The second-order valence-corrected chi connectivity index (χ2v) is 6.35. The van der Waals surface area contributed by atoms with Crippen LogP contribution in [0.1, 0.15) is 23.0 Å². The minimum atomic E-state index is -0.513. The fourth-order valence-electron chi connectivity index (χ4n) is 3.16. The highest BCUT2D eigenvalue weighted by Gasteiger charge is 2.29. The summed E-state index contributed by atoms with van der Waals surface area (Å²) in [6.45, 7) is 4.93. The first-order chi connectivity index (χ1) is 12.1. The first-order valence-corrected chi connectivity index (χ1v) is 8.52. The van der Waals surface area contributed by atoms with E-state index < -0.39 is 6.04 Å². The molecule has 0 spiro atoms. The van der Waals surface area contributed by atoms with Crippen molar-refractivity contribution >= 4 is 5.91 Å². The molecule has 3 rings (SSSR count). The van der Waals surface area contributed by atoms with E-state index in [-0.39, 0.29) is 11.7 Å². The third-order valence-electron chi connectivity index (χ3n) is 4.74. The van der Waals surface area contributed by atoms with E-state index >= 15 is 0 Å². The first-order valence-electron chi connectivity index (χ1n) is 8.52. The molecule has 0 saturated carbocycles. The van der Waals surface area contributed by atoms with E-state index in [2.05, 4.69) is 5.32 Å². The van der Waals surface area contributed by atoms with Gasteiger partial charge < -0.3 is 14.6 Å². The number of amides is 1. The summed E-state index contributed by atoms with van der Waals surface area (Å²) in [5.74, 6) is -0.451. The summed E-state index contributed by atoms with van der Waals surface area (Å²) in [7, 11) is 1.98. The Morgan fingerprint density at radius 3 is 2.68 bits per heavy atom. The van der Waals surface area contributed by atoms with E-state index in [9.17, 15) is 9.18 Å². The molecule has 1 atom stereocenters. The van der Waals surface area contributed by atoms with E-state index in [0.29, 0.717) is 38.4 Å². The van der Waals surface area contributed by atoms with Gasteiger partial charge in [0, 0.05) is 31.5 Å². The van der Waals surface area contributed by atoms with Gasteiger partial charge in [-0.1, -0.05) is 12.1 Å². The molecular weight excluding hydrogens is 321 g/mol. The number of halogens is 1. The number of carbonyl (C=O) groups excluding carboxylic acids is 1. The number of ether oxygens (including phenoxy) is 1. The molecule has 2 aromatic rings. The number of hydrogen-bond acceptors (Lipinski definition) is 3. The van der Waals surface area contributed by atoms with Crippen molar-refractivity contribution in [1.29, 1.82) is 0 Å². The predicted molar refractivity (Wildman–Crippen MR) is 93.5 cm³/mol. The maximum absolute atomic E-state index is 13.7. The van der Waals surface area contributed by atoms with Gasteiger partial charge in [-0.15, -0.1) is 0 Å². The topological polar surface area (TPSA) is 46.5 Å². The standard InChI is InChI=1S/C19H24FN3O2/c1-14-6-7-17(22(14)2)13-21-19(24)18(23-8-10-25-11-9-23)15-4-3-5-16(20)12-15/h3-7,12,18H,8-11,13H2,1-2H3,(H,21,24)/t18-/m0/s1. The Morgan fingerprint density at radius 1 is 1.28 bits per heavy atom. The Balaban J connectivity index is 1.78. The molecule has 1 aromatic carbocycles. The lowest BCUT2D eigenvalue weighted by Crippen LogP contribution is -2.45. The lowest BCUT2D eigenvalue weighted by atomic mass is 10.0. The molecule has 25 heavy (non-hydrogen) atoms. The number of aryl methyl sites for hydroxylation is 1. The highest BCUT2D eigenvalue weighted by Crippen LogP contribution is 2.23. The molecule has 1 N–H and O–H groups in total. The van der Waals surface area contributed by atoms with Crippen LogP contribution in [-0.2, 0) is 23.1 Å². The fourth-order valence-corrected chi connectivity index (χ4v) is 3.16. The summed E-state index contributed by atoms with van der Waals surface area (Å²) in [6.07, 6.45) is 0. The molecule has 0 unspecified atom stereocenters. The molecule has 1 aromatic heterocycles. The number of rotatable bonds is 5. The van der Waals surface area contributed by atoms with Gasteiger partial charge >= 0.3 is 0 Å². The van der Waals surface area contributed by atoms with Crippen molar-refractivity contribution in [3.8, 4) is 0 Å². The summed E-state index contributed by atoms with van der Waals surface area (Å²) in [6, 6.07) is 9.79. The average Bonchev–Trinajstić information content (AvgIpc) is 2.93. The van der Waals surface area contributed by atoms with Gasteiger partial charge in [-0.3, -0.25) is 9.69 Å².